The molecule has 12 heavy (non-hydrogen) atoms. The van der Waals surface area contributed by atoms with Gasteiger partial charge in [-0.05, 0) is 18.9 Å². The number of hydrogen-bond donors (Lipinski definition) is 1. The molecule has 0 spiro atoms. The van der Waals surface area contributed by atoms with Gasteiger partial charge in [-0.1, -0.05) is 13.0 Å². The summed E-state index contributed by atoms with van der Waals surface area (Å²) in [5.74, 6) is -0.781. The first-order chi connectivity index (χ1) is 5.75. The third-order valence-electron chi connectivity index (χ3n) is 2.08. The molecule has 3 heteroatoms. The van der Waals surface area contributed by atoms with Crippen molar-refractivity contribution < 1.29 is 9.59 Å². The molecule has 0 saturated carbocycles. The van der Waals surface area contributed by atoms with Crippen LogP contribution in [-0.2, 0) is 9.59 Å². The molecule has 0 bridgehead atoms. The Balaban J connectivity index is 2.65. The van der Waals surface area contributed by atoms with Crippen LogP contribution in [0.25, 0.3) is 0 Å². The summed E-state index contributed by atoms with van der Waals surface area (Å²) < 4.78 is 0. The van der Waals surface area contributed by atoms with Crippen LogP contribution in [0.1, 0.15) is 19.3 Å². The highest BCUT2D eigenvalue weighted by Gasteiger charge is 2.25. The molecule has 1 N–H and O–H groups in total. The third kappa shape index (κ3) is 1.94. The van der Waals surface area contributed by atoms with Gasteiger partial charge in [0.15, 0.2) is 5.78 Å². The van der Waals surface area contributed by atoms with Gasteiger partial charge in [-0.3, -0.25) is 9.59 Å². The van der Waals surface area contributed by atoms with Crippen LogP contribution in [-0.4, -0.2) is 18.2 Å². The largest absolute Gasteiger partial charge is 0.355 e. The SMILES string of the molecule is C=CC(=O)C1CCCCNC1=O. The second kappa shape index (κ2) is 4.04. The summed E-state index contributed by atoms with van der Waals surface area (Å²) >= 11 is 0. The van der Waals surface area contributed by atoms with E-state index in [-0.39, 0.29) is 11.7 Å². The van der Waals surface area contributed by atoms with Crippen LogP contribution in [0.2, 0.25) is 0 Å². The van der Waals surface area contributed by atoms with Crippen molar-refractivity contribution in [1.29, 1.82) is 0 Å². The zero-order valence-electron chi connectivity index (χ0n) is 7.01. The monoisotopic (exact) mass is 167 g/mol. The van der Waals surface area contributed by atoms with Crippen molar-refractivity contribution in [3.05, 3.63) is 12.7 Å². The Morgan fingerprint density at radius 2 is 2.33 bits per heavy atom. The normalized spacial score (nSPS) is 24.0. The maximum absolute atomic E-state index is 11.2. The molecular weight excluding hydrogens is 154 g/mol. The topological polar surface area (TPSA) is 46.2 Å². The minimum atomic E-state index is -0.481. The van der Waals surface area contributed by atoms with Gasteiger partial charge in [0.2, 0.25) is 5.91 Å². The van der Waals surface area contributed by atoms with E-state index < -0.39 is 5.92 Å². The lowest BCUT2D eigenvalue weighted by Gasteiger charge is -2.07. The van der Waals surface area contributed by atoms with Crippen molar-refractivity contribution in [2.75, 3.05) is 6.54 Å². The van der Waals surface area contributed by atoms with E-state index >= 15 is 0 Å². The Morgan fingerprint density at radius 3 is 3.00 bits per heavy atom. The van der Waals surface area contributed by atoms with Gasteiger partial charge < -0.3 is 5.32 Å². The number of nitrogens with one attached hydrogen (secondary N) is 1. The number of hydrogen-bond acceptors (Lipinski definition) is 2. The second-order valence-corrected chi connectivity index (χ2v) is 2.95. The molecule has 0 aromatic heterocycles. The lowest BCUT2D eigenvalue weighted by Crippen LogP contribution is -2.32. The Labute approximate surface area is 71.8 Å². The van der Waals surface area contributed by atoms with Crippen LogP contribution in [0.15, 0.2) is 12.7 Å². The summed E-state index contributed by atoms with van der Waals surface area (Å²) in [5.41, 5.74) is 0. The number of ketones is 1. The highest BCUT2D eigenvalue weighted by Crippen LogP contribution is 2.13. The molecule has 1 rings (SSSR count). The van der Waals surface area contributed by atoms with Gasteiger partial charge in [-0.2, -0.15) is 0 Å². The van der Waals surface area contributed by atoms with E-state index in [2.05, 4.69) is 11.9 Å². The molecule has 3 nitrogen and oxygen atoms in total. The quantitative estimate of drug-likeness (QED) is 0.485. The molecule has 1 amide bonds. The van der Waals surface area contributed by atoms with Gasteiger partial charge in [0.05, 0.1) is 0 Å². The first kappa shape index (κ1) is 8.97. The van der Waals surface area contributed by atoms with Gasteiger partial charge in [-0.15, -0.1) is 0 Å². The van der Waals surface area contributed by atoms with Crippen LogP contribution >= 0.6 is 0 Å². The minimum Gasteiger partial charge on any atom is -0.355 e. The van der Waals surface area contributed by atoms with E-state index in [0.717, 1.165) is 12.8 Å². The molecule has 1 fully saturated rings. The molecule has 1 saturated heterocycles. The molecule has 66 valence electrons. The average Bonchev–Trinajstić information content (AvgIpc) is 2.28. The summed E-state index contributed by atoms with van der Waals surface area (Å²) in [6, 6.07) is 0. The summed E-state index contributed by atoms with van der Waals surface area (Å²) in [7, 11) is 0. The van der Waals surface area contributed by atoms with Crippen LogP contribution in [0.5, 0.6) is 0 Å². The molecule has 1 atom stereocenters. The van der Waals surface area contributed by atoms with Crippen molar-refractivity contribution in [2.45, 2.75) is 19.3 Å². The molecule has 1 unspecified atom stereocenters. The molecule has 1 heterocycles. The summed E-state index contributed by atoms with van der Waals surface area (Å²) in [5, 5.41) is 2.70. The number of carbonyl (C=O) groups is 2. The summed E-state index contributed by atoms with van der Waals surface area (Å²) in [4.78, 5) is 22.4. The fraction of sp³-hybridized carbons (Fsp3) is 0.556. The molecule has 0 radical (unpaired) electrons. The highest BCUT2D eigenvalue weighted by molar-refractivity contribution is 6.06. The highest BCUT2D eigenvalue weighted by atomic mass is 16.2. The van der Waals surface area contributed by atoms with Crippen molar-refractivity contribution in [2.24, 2.45) is 5.92 Å². The maximum Gasteiger partial charge on any atom is 0.230 e. The summed E-state index contributed by atoms with van der Waals surface area (Å²) in [6.07, 6.45) is 3.79. The fourth-order valence-corrected chi connectivity index (χ4v) is 1.35. The fourth-order valence-electron chi connectivity index (χ4n) is 1.35. The molecule has 0 aromatic rings. The predicted octanol–water partition coefficient (Wildman–Crippen LogP) is 0.658. The Kier molecular flexibility index (Phi) is 3.02. The molecule has 0 aromatic carbocycles. The second-order valence-electron chi connectivity index (χ2n) is 2.95. The van der Waals surface area contributed by atoms with Crippen molar-refractivity contribution in [1.82, 2.24) is 5.32 Å². The average molecular weight is 167 g/mol. The first-order valence-corrected chi connectivity index (χ1v) is 4.19. The van der Waals surface area contributed by atoms with Crippen LogP contribution in [0, 0.1) is 5.92 Å². The van der Waals surface area contributed by atoms with Gasteiger partial charge in [0.25, 0.3) is 0 Å². The number of amides is 1. The van der Waals surface area contributed by atoms with Crippen molar-refractivity contribution in [3.8, 4) is 0 Å². The van der Waals surface area contributed by atoms with E-state index in [1.54, 1.807) is 0 Å². The zero-order valence-corrected chi connectivity index (χ0v) is 7.01. The third-order valence-corrected chi connectivity index (χ3v) is 2.08. The zero-order chi connectivity index (χ0) is 8.97. The Hall–Kier alpha value is -1.12. The number of carbonyl (C=O) groups excluding carboxylic acids is 2. The van der Waals surface area contributed by atoms with Crippen LogP contribution in [0.4, 0.5) is 0 Å². The molecular formula is C9H13NO2. The number of rotatable bonds is 2. The molecule has 1 aliphatic heterocycles. The standard InChI is InChI=1S/C9H13NO2/c1-2-8(11)7-5-3-4-6-10-9(7)12/h2,7H,1,3-6H2,(H,10,12). The first-order valence-electron chi connectivity index (χ1n) is 4.19. The van der Waals surface area contributed by atoms with E-state index in [1.165, 1.54) is 6.08 Å². The van der Waals surface area contributed by atoms with E-state index in [4.69, 9.17) is 0 Å². The van der Waals surface area contributed by atoms with Gasteiger partial charge >= 0.3 is 0 Å². The van der Waals surface area contributed by atoms with Crippen LogP contribution < -0.4 is 5.32 Å². The van der Waals surface area contributed by atoms with Crippen molar-refractivity contribution >= 4 is 11.7 Å². The van der Waals surface area contributed by atoms with E-state index in [9.17, 15) is 9.59 Å². The van der Waals surface area contributed by atoms with Gasteiger partial charge in [-0.25, -0.2) is 0 Å². The Bertz CT molecular complexity index is 211. The van der Waals surface area contributed by atoms with E-state index in [1.807, 2.05) is 0 Å². The lowest BCUT2D eigenvalue weighted by atomic mass is 9.98. The van der Waals surface area contributed by atoms with Gasteiger partial charge in [0.1, 0.15) is 5.92 Å². The maximum atomic E-state index is 11.2. The van der Waals surface area contributed by atoms with Crippen molar-refractivity contribution in [3.63, 3.8) is 0 Å². The lowest BCUT2D eigenvalue weighted by molar-refractivity contribution is -0.131. The predicted molar refractivity (Wildman–Crippen MR) is 45.6 cm³/mol. The molecule has 1 aliphatic rings. The van der Waals surface area contributed by atoms with Crippen LogP contribution in [0.3, 0.4) is 0 Å². The minimum absolute atomic E-state index is 0.141. The van der Waals surface area contributed by atoms with E-state index in [0.29, 0.717) is 13.0 Å². The smallest absolute Gasteiger partial charge is 0.230 e. The Morgan fingerprint density at radius 1 is 1.58 bits per heavy atom. The molecule has 0 aliphatic carbocycles. The number of allylic oxidation sites excluding steroid dienone is 1. The summed E-state index contributed by atoms with van der Waals surface area (Å²) in [6.45, 7) is 4.07. The van der Waals surface area contributed by atoms with Gasteiger partial charge in [0, 0.05) is 6.54 Å².